The molecule has 2 aliphatic heterocycles. The molecule has 0 spiro atoms. The van der Waals surface area contributed by atoms with Crippen molar-refractivity contribution in [3.8, 4) is 11.5 Å². The molecule has 0 aliphatic carbocycles. The fraction of sp³-hybridized carbons (Fsp3) is 0.607. The second-order valence-electron chi connectivity index (χ2n) is 11.5. The summed E-state index contributed by atoms with van der Waals surface area (Å²) >= 11 is 0. The maximum Gasteiger partial charge on any atom is 0.251 e. The van der Waals surface area contributed by atoms with E-state index in [-0.39, 0.29) is 31.3 Å². The van der Waals surface area contributed by atoms with E-state index in [9.17, 15) is 8.78 Å². The van der Waals surface area contributed by atoms with Crippen molar-refractivity contribution in [2.45, 2.75) is 64.2 Å². The topological polar surface area (TPSA) is 91.4 Å². The first kappa shape index (κ1) is 27.4. The second kappa shape index (κ2) is 11.1. The third kappa shape index (κ3) is 6.51. The lowest BCUT2D eigenvalue weighted by atomic mass is 9.92. The molecule has 0 bridgehead atoms. The molecule has 212 valence electrons. The van der Waals surface area contributed by atoms with Gasteiger partial charge in [0, 0.05) is 61.1 Å². The number of hydrogen-bond donors (Lipinski definition) is 2. The Morgan fingerprint density at radius 3 is 2.44 bits per heavy atom. The standard InChI is InChI=1S/C28H39F2N7O2/c1-27(2,3)23-18-24(35-34-23)32-25-19-16-21(38-4)22(39-15-7-12-36-10-5-6-11-36)17-20(19)31-26(33-25)37-13-8-28(29,30)9-14-37/h16-18H,5-15H2,1-4H3,(H2,31,32,33,34,35). The third-order valence-electron chi connectivity index (χ3n) is 7.45. The maximum atomic E-state index is 13.9. The number of likely N-dealkylation sites (tertiary alicyclic amines) is 1. The highest BCUT2D eigenvalue weighted by Crippen LogP contribution is 2.37. The highest BCUT2D eigenvalue weighted by atomic mass is 19.3. The number of alkyl halides is 2. The van der Waals surface area contributed by atoms with E-state index in [2.05, 4.69) is 41.2 Å². The Morgan fingerprint density at radius 1 is 1.03 bits per heavy atom. The van der Waals surface area contributed by atoms with Gasteiger partial charge < -0.3 is 24.6 Å². The van der Waals surface area contributed by atoms with E-state index < -0.39 is 5.92 Å². The van der Waals surface area contributed by atoms with Crippen molar-refractivity contribution in [3.05, 3.63) is 23.9 Å². The minimum absolute atomic E-state index is 0.102. The van der Waals surface area contributed by atoms with E-state index in [0.717, 1.165) is 37.1 Å². The van der Waals surface area contributed by atoms with Gasteiger partial charge in [0.05, 0.1) is 19.2 Å². The molecule has 2 N–H and O–H groups in total. The first-order chi connectivity index (χ1) is 18.6. The van der Waals surface area contributed by atoms with E-state index in [1.54, 1.807) is 7.11 Å². The van der Waals surface area contributed by atoms with Crippen LogP contribution in [0.2, 0.25) is 0 Å². The highest BCUT2D eigenvalue weighted by molar-refractivity contribution is 5.94. The van der Waals surface area contributed by atoms with Crippen LogP contribution in [0.1, 0.15) is 58.6 Å². The second-order valence-corrected chi connectivity index (χ2v) is 11.5. The fourth-order valence-electron chi connectivity index (χ4n) is 5.04. The number of H-pyrrole nitrogens is 1. The van der Waals surface area contributed by atoms with Crippen LogP contribution < -0.4 is 19.7 Å². The number of nitrogens with zero attached hydrogens (tertiary/aromatic N) is 5. The number of benzene rings is 1. The average molecular weight is 544 g/mol. The number of methoxy groups -OCH3 is 1. The minimum Gasteiger partial charge on any atom is -0.493 e. The molecule has 0 atom stereocenters. The van der Waals surface area contributed by atoms with Crippen LogP contribution in [0.5, 0.6) is 11.5 Å². The summed E-state index contributed by atoms with van der Waals surface area (Å²) in [5.41, 5.74) is 1.51. The van der Waals surface area contributed by atoms with Gasteiger partial charge in [-0.25, -0.2) is 13.8 Å². The van der Waals surface area contributed by atoms with Gasteiger partial charge in [0.1, 0.15) is 5.82 Å². The Bertz CT molecular complexity index is 1270. The van der Waals surface area contributed by atoms with Crippen LogP contribution in [0.3, 0.4) is 0 Å². The lowest BCUT2D eigenvalue weighted by Crippen LogP contribution is -2.40. The van der Waals surface area contributed by atoms with Gasteiger partial charge in [-0.05, 0) is 38.4 Å². The molecule has 2 aliphatic rings. The Hall–Kier alpha value is -3.21. The largest absolute Gasteiger partial charge is 0.493 e. The number of aromatic nitrogens is 4. The van der Waals surface area contributed by atoms with Crippen LogP contribution in [-0.4, -0.2) is 77.4 Å². The minimum atomic E-state index is -2.66. The molecule has 9 nitrogen and oxygen atoms in total. The number of fused-ring (bicyclic) bond motifs is 1. The van der Waals surface area contributed by atoms with E-state index in [1.807, 2.05) is 23.1 Å². The first-order valence-electron chi connectivity index (χ1n) is 13.8. The van der Waals surface area contributed by atoms with Crippen LogP contribution in [0.4, 0.5) is 26.4 Å². The summed E-state index contributed by atoms with van der Waals surface area (Å²) in [6.45, 7) is 10.6. The van der Waals surface area contributed by atoms with Gasteiger partial charge in [-0.3, -0.25) is 5.10 Å². The van der Waals surface area contributed by atoms with Gasteiger partial charge in [0.25, 0.3) is 5.92 Å². The number of halogens is 2. The van der Waals surface area contributed by atoms with Crippen LogP contribution in [-0.2, 0) is 5.41 Å². The number of nitrogens with one attached hydrogen (secondary N) is 2. The molecule has 2 saturated heterocycles. The van der Waals surface area contributed by atoms with Crippen molar-refractivity contribution in [1.29, 1.82) is 0 Å². The zero-order valence-corrected chi connectivity index (χ0v) is 23.3. The van der Waals surface area contributed by atoms with E-state index in [0.29, 0.717) is 41.2 Å². The Morgan fingerprint density at radius 2 is 1.77 bits per heavy atom. The summed E-state index contributed by atoms with van der Waals surface area (Å²) in [5, 5.41) is 11.5. The van der Waals surface area contributed by atoms with Crippen molar-refractivity contribution in [1.82, 2.24) is 25.1 Å². The van der Waals surface area contributed by atoms with E-state index in [1.165, 1.54) is 12.8 Å². The molecule has 5 rings (SSSR count). The van der Waals surface area contributed by atoms with Gasteiger partial charge in [0.15, 0.2) is 17.3 Å². The molecule has 11 heteroatoms. The lowest BCUT2D eigenvalue weighted by molar-refractivity contribution is -0.0222. The quantitative estimate of drug-likeness (QED) is 0.342. The first-order valence-corrected chi connectivity index (χ1v) is 13.8. The molecule has 39 heavy (non-hydrogen) atoms. The zero-order chi connectivity index (χ0) is 27.6. The van der Waals surface area contributed by atoms with Crippen LogP contribution >= 0.6 is 0 Å². The molecule has 0 radical (unpaired) electrons. The monoisotopic (exact) mass is 543 g/mol. The number of rotatable bonds is 9. The molecule has 0 amide bonds. The number of aromatic amines is 1. The van der Waals surface area contributed by atoms with Crippen LogP contribution in [0, 0.1) is 0 Å². The van der Waals surface area contributed by atoms with Gasteiger partial charge in [-0.1, -0.05) is 20.8 Å². The van der Waals surface area contributed by atoms with Crippen molar-refractivity contribution >= 4 is 28.5 Å². The van der Waals surface area contributed by atoms with Crippen molar-refractivity contribution in [2.75, 3.05) is 56.7 Å². The van der Waals surface area contributed by atoms with E-state index >= 15 is 0 Å². The predicted molar refractivity (Wildman–Crippen MR) is 149 cm³/mol. The third-order valence-corrected chi connectivity index (χ3v) is 7.45. The van der Waals surface area contributed by atoms with Crippen molar-refractivity contribution in [3.63, 3.8) is 0 Å². The smallest absolute Gasteiger partial charge is 0.251 e. The summed E-state index contributed by atoms with van der Waals surface area (Å²) in [6, 6.07) is 5.66. The van der Waals surface area contributed by atoms with E-state index in [4.69, 9.17) is 19.4 Å². The lowest BCUT2D eigenvalue weighted by Gasteiger charge is -2.32. The number of ether oxygens (including phenoxy) is 2. The normalized spacial score (nSPS) is 18.1. The van der Waals surface area contributed by atoms with Gasteiger partial charge in [-0.15, -0.1) is 0 Å². The average Bonchev–Trinajstić information content (AvgIpc) is 3.58. The molecule has 1 aromatic carbocycles. The Kier molecular flexibility index (Phi) is 7.80. The molecule has 0 saturated carbocycles. The van der Waals surface area contributed by atoms with Crippen molar-refractivity contribution < 1.29 is 18.3 Å². The van der Waals surface area contributed by atoms with Crippen LogP contribution in [0.15, 0.2) is 18.2 Å². The SMILES string of the molecule is COc1cc2c(Nc3cc(C(C)(C)C)[nH]n3)nc(N3CCC(F)(F)CC3)nc2cc1OCCCN1CCCC1. The summed E-state index contributed by atoms with van der Waals surface area (Å²) in [4.78, 5) is 13.8. The summed E-state index contributed by atoms with van der Waals surface area (Å²) < 4.78 is 39.6. The summed E-state index contributed by atoms with van der Waals surface area (Å²) in [5.74, 6) is 0.0590. The zero-order valence-electron chi connectivity index (χ0n) is 23.3. The van der Waals surface area contributed by atoms with Gasteiger partial charge >= 0.3 is 0 Å². The molecular weight excluding hydrogens is 504 g/mol. The molecule has 3 aromatic rings. The number of anilines is 3. The molecule has 2 aromatic heterocycles. The highest BCUT2D eigenvalue weighted by Gasteiger charge is 2.35. The van der Waals surface area contributed by atoms with Gasteiger partial charge in [0.2, 0.25) is 5.95 Å². The van der Waals surface area contributed by atoms with Crippen LogP contribution in [0.25, 0.3) is 10.9 Å². The Labute approximate surface area is 228 Å². The summed E-state index contributed by atoms with van der Waals surface area (Å²) in [7, 11) is 1.61. The maximum absolute atomic E-state index is 13.9. The molecule has 2 fully saturated rings. The molecule has 0 unspecified atom stereocenters. The Balaban J connectivity index is 1.45. The number of piperidine rings is 1. The summed E-state index contributed by atoms with van der Waals surface area (Å²) in [6.07, 6.45) is 3.00. The fourth-order valence-corrected chi connectivity index (χ4v) is 5.04. The molecule has 4 heterocycles. The van der Waals surface area contributed by atoms with Crippen molar-refractivity contribution in [2.24, 2.45) is 0 Å². The van der Waals surface area contributed by atoms with Gasteiger partial charge in [-0.2, -0.15) is 10.1 Å². The molecular formula is C28H39F2N7O2. The predicted octanol–water partition coefficient (Wildman–Crippen LogP) is 5.50. The number of hydrogen-bond acceptors (Lipinski definition) is 8.